The zero-order valence-corrected chi connectivity index (χ0v) is 30.2. The molecular formula is C42H77NO. The molecule has 1 N–H and O–H groups in total. The largest absolute Gasteiger partial charge is 0.356 e. The molecule has 4 aliphatic carbocycles. The number of carbonyl (C=O) groups is 1. The maximum Gasteiger partial charge on any atom is 0.219 e. The molecule has 4 aliphatic rings. The molecule has 0 spiro atoms. The standard InChI is InChI=1S/C42H77NO/c1-4-5-6-7-8-9-10-11-12-13-14-15-16-17-18-19-22-34-43-40(44)26-23-25-36-28-30-38-37-29-27-35-24-20-21-32-41(35,2)39(37)31-33-42(36,38)3/h35-39H,4-34H2,1-3H3,(H,43,44)/t35-,36-,37-,38?,39?,41-,42+/m0/s1. The Kier molecular flexibility index (Phi) is 16.0. The lowest BCUT2D eigenvalue weighted by molar-refractivity contribution is -0.121. The number of rotatable bonds is 22. The van der Waals surface area contributed by atoms with E-state index in [1.165, 1.54) is 173 Å². The molecule has 256 valence electrons. The van der Waals surface area contributed by atoms with Crippen LogP contribution in [0.4, 0.5) is 0 Å². The molecule has 1 amide bonds. The highest BCUT2D eigenvalue weighted by molar-refractivity contribution is 5.75. The van der Waals surface area contributed by atoms with Crippen LogP contribution < -0.4 is 5.32 Å². The van der Waals surface area contributed by atoms with Crippen molar-refractivity contribution in [3.8, 4) is 0 Å². The molecule has 2 nitrogen and oxygen atoms in total. The smallest absolute Gasteiger partial charge is 0.219 e. The zero-order valence-electron chi connectivity index (χ0n) is 30.2. The van der Waals surface area contributed by atoms with Crippen molar-refractivity contribution in [1.29, 1.82) is 0 Å². The molecule has 0 radical (unpaired) electrons. The SMILES string of the molecule is CCCCCCCCCCCCCCCCCCCNC(=O)CCC[C@H]1CCC2[C@@H]3CC[C@@H]4CCCC[C@]4(C)C3CC[C@@]21C. The quantitative estimate of drug-likeness (QED) is 0.121. The molecule has 4 fully saturated rings. The lowest BCUT2D eigenvalue weighted by atomic mass is 9.45. The second kappa shape index (κ2) is 19.3. The topological polar surface area (TPSA) is 29.1 Å². The molecule has 2 unspecified atom stereocenters. The van der Waals surface area contributed by atoms with Crippen LogP contribution >= 0.6 is 0 Å². The van der Waals surface area contributed by atoms with E-state index in [0.717, 1.165) is 55.4 Å². The Hall–Kier alpha value is -0.530. The molecule has 0 aromatic heterocycles. The van der Waals surface area contributed by atoms with Crippen molar-refractivity contribution < 1.29 is 4.79 Å². The van der Waals surface area contributed by atoms with Gasteiger partial charge in [0.05, 0.1) is 0 Å². The van der Waals surface area contributed by atoms with Gasteiger partial charge in [-0.1, -0.05) is 136 Å². The Labute approximate surface area is 275 Å². The predicted molar refractivity (Wildman–Crippen MR) is 191 cm³/mol. The summed E-state index contributed by atoms with van der Waals surface area (Å²) in [4.78, 5) is 12.6. The lowest BCUT2D eigenvalue weighted by Crippen LogP contribution is -2.52. The van der Waals surface area contributed by atoms with Crippen LogP contribution in [0.2, 0.25) is 0 Å². The van der Waals surface area contributed by atoms with E-state index in [0.29, 0.717) is 16.7 Å². The first-order valence-corrected chi connectivity index (χ1v) is 20.8. The third kappa shape index (κ3) is 10.2. The molecule has 0 bridgehead atoms. The van der Waals surface area contributed by atoms with Gasteiger partial charge in [-0.15, -0.1) is 0 Å². The Morgan fingerprint density at radius 2 is 1.18 bits per heavy atom. The monoisotopic (exact) mass is 612 g/mol. The average molecular weight is 612 g/mol. The molecule has 0 heterocycles. The summed E-state index contributed by atoms with van der Waals surface area (Å²) in [6.07, 6.45) is 42.0. The van der Waals surface area contributed by atoms with Crippen LogP contribution in [-0.2, 0) is 4.79 Å². The molecule has 0 aromatic rings. The third-order valence-corrected chi connectivity index (χ3v) is 14.3. The van der Waals surface area contributed by atoms with Crippen molar-refractivity contribution >= 4 is 5.91 Å². The third-order valence-electron chi connectivity index (χ3n) is 14.3. The Morgan fingerprint density at radius 1 is 0.591 bits per heavy atom. The van der Waals surface area contributed by atoms with Crippen LogP contribution in [-0.4, -0.2) is 12.5 Å². The van der Waals surface area contributed by atoms with Gasteiger partial charge < -0.3 is 5.32 Å². The van der Waals surface area contributed by atoms with Gasteiger partial charge in [-0.2, -0.15) is 0 Å². The molecule has 7 atom stereocenters. The van der Waals surface area contributed by atoms with Gasteiger partial charge in [-0.3, -0.25) is 4.79 Å². The number of hydrogen-bond donors (Lipinski definition) is 1. The van der Waals surface area contributed by atoms with Gasteiger partial charge in [-0.05, 0) is 111 Å². The van der Waals surface area contributed by atoms with Crippen LogP contribution in [0, 0.1) is 40.4 Å². The number of amides is 1. The summed E-state index contributed by atoms with van der Waals surface area (Å²) in [5, 5.41) is 3.25. The fourth-order valence-electron chi connectivity index (χ4n) is 11.6. The highest BCUT2D eigenvalue weighted by Gasteiger charge is 2.59. The van der Waals surface area contributed by atoms with Gasteiger partial charge in [0.1, 0.15) is 0 Å². The van der Waals surface area contributed by atoms with E-state index < -0.39 is 0 Å². The molecule has 0 aromatic carbocycles. The molecule has 0 saturated heterocycles. The minimum absolute atomic E-state index is 0.313. The number of fused-ring (bicyclic) bond motifs is 5. The maximum atomic E-state index is 12.6. The zero-order chi connectivity index (χ0) is 31.1. The van der Waals surface area contributed by atoms with E-state index in [1.54, 1.807) is 0 Å². The van der Waals surface area contributed by atoms with Crippen molar-refractivity contribution in [2.24, 2.45) is 40.4 Å². The van der Waals surface area contributed by atoms with Gasteiger partial charge in [0.15, 0.2) is 0 Å². The first kappa shape index (κ1) is 36.3. The van der Waals surface area contributed by atoms with E-state index in [-0.39, 0.29) is 0 Å². The van der Waals surface area contributed by atoms with Crippen molar-refractivity contribution in [3.05, 3.63) is 0 Å². The van der Waals surface area contributed by atoms with Crippen LogP contribution in [0.3, 0.4) is 0 Å². The van der Waals surface area contributed by atoms with Crippen LogP contribution in [0.25, 0.3) is 0 Å². The van der Waals surface area contributed by atoms with Crippen LogP contribution in [0.5, 0.6) is 0 Å². The summed E-state index contributed by atoms with van der Waals surface area (Å²) in [6.45, 7) is 8.58. The van der Waals surface area contributed by atoms with Crippen molar-refractivity contribution in [2.45, 2.75) is 213 Å². The van der Waals surface area contributed by atoms with Gasteiger partial charge in [-0.25, -0.2) is 0 Å². The predicted octanol–water partition coefficient (Wildman–Crippen LogP) is 13.0. The summed E-state index contributed by atoms with van der Waals surface area (Å²) >= 11 is 0. The fraction of sp³-hybridized carbons (Fsp3) is 0.976. The molecule has 2 heteroatoms. The molecular weight excluding hydrogens is 534 g/mol. The van der Waals surface area contributed by atoms with Gasteiger partial charge in [0.2, 0.25) is 5.91 Å². The van der Waals surface area contributed by atoms with Crippen LogP contribution in [0.1, 0.15) is 213 Å². The highest BCUT2D eigenvalue weighted by Crippen LogP contribution is 2.67. The average Bonchev–Trinajstić information content (AvgIpc) is 3.36. The first-order valence-electron chi connectivity index (χ1n) is 20.8. The summed E-state index contributed by atoms with van der Waals surface area (Å²) in [6, 6.07) is 0. The van der Waals surface area contributed by atoms with Gasteiger partial charge in [0, 0.05) is 13.0 Å². The van der Waals surface area contributed by atoms with E-state index in [9.17, 15) is 4.79 Å². The van der Waals surface area contributed by atoms with Crippen molar-refractivity contribution in [2.75, 3.05) is 6.54 Å². The second-order valence-corrected chi connectivity index (χ2v) is 17.1. The summed E-state index contributed by atoms with van der Waals surface area (Å²) in [7, 11) is 0. The van der Waals surface area contributed by atoms with E-state index in [2.05, 4.69) is 26.1 Å². The minimum Gasteiger partial charge on any atom is -0.356 e. The fourth-order valence-corrected chi connectivity index (χ4v) is 11.6. The van der Waals surface area contributed by atoms with Crippen LogP contribution in [0.15, 0.2) is 0 Å². The van der Waals surface area contributed by atoms with E-state index in [1.807, 2.05) is 0 Å². The second-order valence-electron chi connectivity index (χ2n) is 17.1. The Morgan fingerprint density at radius 3 is 1.82 bits per heavy atom. The number of unbranched alkanes of at least 4 members (excludes halogenated alkanes) is 16. The Bertz CT molecular complexity index is 793. The molecule has 0 aliphatic heterocycles. The van der Waals surface area contributed by atoms with Crippen molar-refractivity contribution in [1.82, 2.24) is 5.32 Å². The molecule has 4 saturated carbocycles. The maximum absolute atomic E-state index is 12.6. The van der Waals surface area contributed by atoms with Gasteiger partial charge >= 0.3 is 0 Å². The van der Waals surface area contributed by atoms with E-state index >= 15 is 0 Å². The molecule has 44 heavy (non-hydrogen) atoms. The van der Waals surface area contributed by atoms with Gasteiger partial charge in [0.25, 0.3) is 0 Å². The molecule has 4 rings (SSSR count). The summed E-state index contributed by atoms with van der Waals surface area (Å²) in [5.41, 5.74) is 1.22. The van der Waals surface area contributed by atoms with Crippen molar-refractivity contribution in [3.63, 3.8) is 0 Å². The highest BCUT2D eigenvalue weighted by atomic mass is 16.1. The summed E-state index contributed by atoms with van der Waals surface area (Å²) in [5.74, 6) is 5.20. The lowest BCUT2D eigenvalue weighted by Gasteiger charge is -2.60. The number of hydrogen-bond acceptors (Lipinski definition) is 1. The number of carbonyl (C=O) groups excluding carboxylic acids is 1. The first-order chi connectivity index (χ1) is 21.5. The Balaban J connectivity index is 0.960. The normalized spacial score (nSPS) is 33.0. The summed E-state index contributed by atoms with van der Waals surface area (Å²) < 4.78 is 0. The van der Waals surface area contributed by atoms with E-state index in [4.69, 9.17) is 0 Å². The minimum atomic E-state index is 0.313. The number of nitrogens with one attached hydrogen (secondary N) is 1.